The summed E-state index contributed by atoms with van der Waals surface area (Å²) in [5, 5.41) is 23.2. The van der Waals surface area contributed by atoms with Gasteiger partial charge in [0, 0.05) is 12.8 Å². The molecule has 0 heterocycles. The first-order chi connectivity index (χ1) is 40.5. The van der Waals surface area contributed by atoms with Crippen molar-refractivity contribution in [3.8, 4) is 0 Å². The van der Waals surface area contributed by atoms with E-state index in [0.29, 0.717) is 19.4 Å². The van der Waals surface area contributed by atoms with Gasteiger partial charge in [-0.1, -0.05) is 371 Å². The zero-order valence-electron chi connectivity index (χ0n) is 55.5. The smallest absolute Gasteiger partial charge is 0.305 e. The number of hydrogen-bond donors (Lipinski definition) is 3. The third kappa shape index (κ3) is 67.2. The third-order valence-corrected chi connectivity index (χ3v) is 17.4. The van der Waals surface area contributed by atoms with E-state index >= 15 is 0 Å². The van der Waals surface area contributed by atoms with Crippen molar-refractivity contribution in [2.24, 2.45) is 0 Å². The molecule has 82 heavy (non-hydrogen) atoms. The molecule has 0 aromatic rings. The Balaban J connectivity index is 3.35. The highest BCUT2D eigenvalue weighted by atomic mass is 16.5. The largest absolute Gasteiger partial charge is 0.466 e. The molecular weight excluding hydrogens is 1010 g/mol. The van der Waals surface area contributed by atoms with E-state index in [1.54, 1.807) is 6.08 Å². The summed E-state index contributed by atoms with van der Waals surface area (Å²) in [6.07, 6.45) is 92.4. The quantitative estimate of drug-likeness (QED) is 0.0320. The van der Waals surface area contributed by atoms with Crippen LogP contribution in [0.4, 0.5) is 0 Å². The van der Waals surface area contributed by atoms with Crippen molar-refractivity contribution in [3.63, 3.8) is 0 Å². The zero-order chi connectivity index (χ0) is 59.2. The Kier molecular flexibility index (Phi) is 69.9. The summed E-state index contributed by atoms with van der Waals surface area (Å²) in [6, 6.07) is -0.625. The van der Waals surface area contributed by atoms with Crippen molar-refractivity contribution in [2.75, 3.05) is 13.2 Å². The Morgan fingerprint density at radius 1 is 0.341 bits per heavy atom. The van der Waals surface area contributed by atoms with E-state index in [4.69, 9.17) is 4.74 Å². The number of aliphatic hydroxyl groups excluding tert-OH is 2. The van der Waals surface area contributed by atoms with Crippen LogP contribution < -0.4 is 5.32 Å². The number of ether oxygens (including phenoxy) is 1. The summed E-state index contributed by atoms with van der Waals surface area (Å²) < 4.78 is 5.50. The van der Waals surface area contributed by atoms with Crippen molar-refractivity contribution < 1.29 is 24.5 Å². The molecule has 2 unspecified atom stereocenters. The Morgan fingerprint density at radius 3 is 0.951 bits per heavy atom. The molecule has 0 aromatic carbocycles. The lowest BCUT2D eigenvalue weighted by Crippen LogP contribution is -2.45. The molecule has 0 bridgehead atoms. The zero-order valence-corrected chi connectivity index (χ0v) is 55.5. The van der Waals surface area contributed by atoms with Gasteiger partial charge in [-0.25, -0.2) is 0 Å². The lowest BCUT2D eigenvalue weighted by atomic mass is 10.0. The minimum atomic E-state index is -0.842. The van der Waals surface area contributed by atoms with Crippen LogP contribution in [0, 0.1) is 0 Å². The standard InChI is InChI=1S/C76H145NO5/c1-3-5-7-9-11-13-15-17-19-21-37-40-44-48-52-56-60-64-68-74(79)73(72-78)77-75(80)69-65-61-57-53-49-45-41-38-34-32-30-28-26-24-22-23-25-27-29-31-33-35-39-43-47-51-55-59-63-67-71-82-76(81)70-66-62-58-54-50-46-42-36-20-18-16-14-12-10-8-6-4-2/h12,14,18,20,64,68,73-74,78-79H,3-11,13,15-17,19,21-63,65-67,69-72H2,1-2H3,(H,77,80)/b14-12-,20-18-,68-64+. The van der Waals surface area contributed by atoms with E-state index in [2.05, 4.69) is 43.5 Å². The van der Waals surface area contributed by atoms with E-state index in [1.807, 2.05) is 6.08 Å². The Labute approximate surface area is 513 Å². The first kappa shape index (κ1) is 80.1. The molecule has 0 radical (unpaired) electrons. The number of aliphatic hydroxyl groups is 2. The second-order valence-electron chi connectivity index (χ2n) is 25.6. The topological polar surface area (TPSA) is 95.9 Å². The number of carbonyl (C=O) groups excluding carboxylic acids is 2. The highest BCUT2D eigenvalue weighted by molar-refractivity contribution is 5.76. The predicted octanol–water partition coefficient (Wildman–Crippen LogP) is 24.3. The molecule has 0 fully saturated rings. The molecule has 0 saturated carbocycles. The average Bonchev–Trinajstić information content (AvgIpc) is 3.48. The summed E-state index contributed by atoms with van der Waals surface area (Å²) in [5.74, 6) is -0.0481. The maximum atomic E-state index is 12.5. The molecule has 484 valence electrons. The van der Waals surface area contributed by atoms with Crippen LogP contribution in [0.25, 0.3) is 0 Å². The van der Waals surface area contributed by atoms with E-state index < -0.39 is 12.1 Å². The van der Waals surface area contributed by atoms with Gasteiger partial charge in [0.25, 0.3) is 0 Å². The first-order valence-corrected chi connectivity index (χ1v) is 37.3. The molecule has 2 atom stereocenters. The number of hydrogen-bond acceptors (Lipinski definition) is 5. The van der Waals surface area contributed by atoms with E-state index in [0.717, 1.165) is 51.4 Å². The van der Waals surface area contributed by atoms with Crippen molar-refractivity contribution in [3.05, 3.63) is 36.5 Å². The molecule has 0 rings (SSSR count). The Hall–Kier alpha value is -1.92. The van der Waals surface area contributed by atoms with Gasteiger partial charge >= 0.3 is 5.97 Å². The summed E-state index contributed by atoms with van der Waals surface area (Å²) in [7, 11) is 0. The van der Waals surface area contributed by atoms with Gasteiger partial charge in [0.05, 0.1) is 25.4 Å². The van der Waals surface area contributed by atoms with Crippen molar-refractivity contribution in [1.82, 2.24) is 5.32 Å². The number of carbonyl (C=O) groups is 2. The van der Waals surface area contributed by atoms with Crippen LogP contribution in [-0.4, -0.2) is 47.4 Å². The number of allylic oxidation sites excluding steroid dienone is 5. The van der Waals surface area contributed by atoms with Gasteiger partial charge in [0.15, 0.2) is 0 Å². The molecule has 6 nitrogen and oxygen atoms in total. The highest BCUT2D eigenvalue weighted by Crippen LogP contribution is 2.19. The van der Waals surface area contributed by atoms with Crippen LogP contribution >= 0.6 is 0 Å². The van der Waals surface area contributed by atoms with Gasteiger partial charge in [-0.3, -0.25) is 9.59 Å². The number of unbranched alkanes of at least 4 members (excludes halogenated alkanes) is 55. The van der Waals surface area contributed by atoms with Gasteiger partial charge < -0.3 is 20.3 Å². The number of rotatable bonds is 70. The Bertz CT molecular complexity index is 1330. The fraction of sp³-hybridized carbons (Fsp3) is 0.895. The summed E-state index contributed by atoms with van der Waals surface area (Å²) in [6.45, 7) is 4.92. The van der Waals surface area contributed by atoms with Gasteiger partial charge in [-0.15, -0.1) is 0 Å². The van der Waals surface area contributed by atoms with E-state index in [-0.39, 0.29) is 18.5 Å². The van der Waals surface area contributed by atoms with Gasteiger partial charge in [0.1, 0.15) is 0 Å². The monoisotopic (exact) mass is 1150 g/mol. The molecule has 0 aliphatic carbocycles. The molecule has 0 aromatic heterocycles. The normalized spacial score (nSPS) is 12.7. The minimum absolute atomic E-state index is 0.0125. The van der Waals surface area contributed by atoms with Crippen LogP contribution in [-0.2, 0) is 14.3 Å². The van der Waals surface area contributed by atoms with Gasteiger partial charge in [-0.05, 0) is 64.2 Å². The van der Waals surface area contributed by atoms with E-state index in [9.17, 15) is 19.8 Å². The maximum Gasteiger partial charge on any atom is 0.305 e. The van der Waals surface area contributed by atoms with Crippen LogP contribution in [0.1, 0.15) is 412 Å². The maximum absolute atomic E-state index is 12.5. The van der Waals surface area contributed by atoms with Gasteiger partial charge in [-0.2, -0.15) is 0 Å². The summed E-state index contributed by atoms with van der Waals surface area (Å²) >= 11 is 0. The lowest BCUT2D eigenvalue weighted by molar-refractivity contribution is -0.143. The van der Waals surface area contributed by atoms with Crippen molar-refractivity contribution in [1.29, 1.82) is 0 Å². The number of nitrogens with one attached hydrogen (secondary N) is 1. The van der Waals surface area contributed by atoms with Gasteiger partial charge in [0.2, 0.25) is 5.91 Å². The predicted molar refractivity (Wildman–Crippen MR) is 361 cm³/mol. The molecule has 0 saturated heterocycles. The fourth-order valence-electron chi connectivity index (χ4n) is 11.7. The minimum Gasteiger partial charge on any atom is -0.466 e. The number of esters is 1. The SMILES string of the molecule is CCCCC/C=C\C/C=C\CCCCCCCCCC(=O)OCCCCCCCCCCCCCCCCCCCCCCCCCCCCCCCCC(=O)NC(CO)C(O)/C=C/CCCCCCCCCCCCCCCCCC. The van der Waals surface area contributed by atoms with Crippen LogP contribution in [0.2, 0.25) is 0 Å². The van der Waals surface area contributed by atoms with Crippen LogP contribution in [0.3, 0.4) is 0 Å². The molecular formula is C76H145NO5. The van der Waals surface area contributed by atoms with Crippen molar-refractivity contribution >= 4 is 11.9 Å². The molecule has 0 aliphatic rings. The second kappa shape index (κ2) is 71.6. The molecule has 0 aliphatic heterocycles. The summed E-state index contributed by atoms with van der Waals surface area (Å²) in [5.41, 5.74) is 0. The fourth-order valence-corrected chi connectivity index (χ4v) is 11.7. The van der Waals surface area contributed by atoms with E-state index in [1.165, 1.54) is 334 Å². The lowest BCUT2D eigenvalue weighted by Gasteiger charge is -2.20. The molecule has 0 spiro atoms. The van der Waals surface area contributed by atoms with Crippen molar-refractivity contribution in [2.45, 2.75) is 424 Å². The third-order valence-electron chi connectivity index (χ3n) is 17.4. The molecule has 3 N–H and O–H groups in total. The second-order valence-corrected chi connectivity index (χ2v) is 25.6. The molecule has 6 heteroatoms. The van der Waals surface area contributed by atoms with Crippen LogP contribution in [0.5, 0.6) is 0 Å². The van der Waals surface area contributed by atoms with Crippen LogP contribution in [0.15, 0.2) is 36.5 Å². The highest BCUT2D eigenvalue weighted by Gasteiger charge is 2.18. The Morgan fingerprint density at radius 2 is 0.610 bits per heavy atom. The summed E-state index contributed by atoms with van der Waals surface area (Å²) in [4.78, 5) is 24.6. The first-order valence-electron chi connectivity index (χ1n) is 37.3. The average molecular weight is 1150 g/mol. The molecule has 1 amide bonds. The number of amides is 1.